The number of hydrogen-bond acceptors (Lipinski definition) is 6. The van der Waals surface area contributed by atoms with Crippen molar-refractivity contribution in [2.45, 2.75) is 18.9 Å². The molecule has 7 nitrogen and oxygen atoms in total. The van der Waals surface area contributed by atoms with Gasteiger partial charge in [-0.05, 0) is 43.2 Å². The minimum Gasteiger partial charge on any atom is -0.497 e. The maximum atomic E-state index is 12.9. The summed E-state index contributed by atoms with van der Waals surface area (Å²) in [6, 6.07) is 14.2. The van der Waals surface area contributed by atoms with Crippen molar-refractivity contribution >= 4 is 44.2 Å². The Kier molecular flexibility index (Phi) is 6.10. The number of carbonyl (C=O) groups excluding carboxylic acids is 2. The van der Waals surface area contributed by atoms with Crippen LogP contribution in [-0.2, 0) is 4.79 Å². The van der Waals surface area contributed by atoms with Crippen molar-refractivity contribution in [1.29, 1.82) is 0 Å². The number of likely N-dealkylation sites (tertiary alicyclic amines) is 1. The van der Waals surface area contributed by atoms with Crippen molar-refractivity contribution in [3.05, 3.63) is 58.6 Å². The quantitative estimate of drug-likeness (QED) is 0.583. The molecule has 0 bridgehead atoms. The average molecular weight is 487 g/mol. The van der Waals surface area contributed by atoms with E-state index in [1.165, 1.54) is 11.3 Å². The van der Waals surface area contributed by atoms with Gasteiger partial charge in [0.1, 0.15) is 16.8 Å². The van der Waals surface area contributed by atoms with Crippen LogP contribution in [0.25, 0.3) is 10.6 Å². The standard InChI is InChI=1S/C21H19BrN4O3S/c1-29-16-8-3-5-13(12-16)19-24-25-21(30-19)23-18(27)17-9-4-10-26(17)20(28)14-6-2-7-15(22)11-14/h2-3,5-8,11-12,17H,4,9-10H2,1H3,(H,23,25,27). The van der Waals surface area contributed by atoms with E-state index in [-0.39, 0.29) is 11.8 Å². The molecule has 1 aliphatic heterocycles. The lowest BCUT2D eigenvalue weighted by molar-refractivity contribution is -0.119. The molecule has 4 rings (SSSR count). The Hall–Kier alpha value is -2.78. The summed E-state index contributed by atoms with van der Waals surface area (Å²) in [6.45, 7) is 0.550. The van der Waals surface area contributed by atoms with Crippen LogP contribution in [0.5, 0.6) is 5.75 Å². The third-order valence-corrected chi connectivity index (χ3v) is 6.24. The molecule has 0 radical (unpaired) electrons. The molecule has 1 atom stereocenters. The van der Waals surface area contributed by atoms with Gasteiger partial charge in [0.25, 0.3) is 5.91 Å². The Balaban J connectivity index is 1.47. The fourth-order valence-corrected chi connectivity index (χ4v) is 4.55. The van der Waals surface area contributed by atoms with Crippen LogP contribution < -0.4 is 10.1 Å². The zero-order chi connectivity index (χ0) is 21.1. The lowest BCUT2D eigenvalue weighted by atomic mass is 10.1. The third-order valence-electron chi connectivity index (χ3n) is 4.86. The fourth-order valence-electron chi connectivity index (χ4n) is 3.40. The summed E-state index contributed by atoms with van der Waals surface area (Å²) in [5, 5.41) is 12.2. The van der Waals surface area contributed by atoms with E-state index in [1.54, 1.807) is 24.1 Å². The number of halogens is 1. The third kappa shape index (κ3) is 4.36. The van der Waals surface area contributed by atoms with E-state index in [4.69, 9.17) is 4.74 Å². The number of rotatable bonds is 5. The highest BCUT2D eigenvalue weighted by Gasteiger charge is 2.35. The smallest absolute Gasteiger partial charge is 0.254 e. The summed E-state index contributed by atoms with van der Waals surface area (Å²) < 4.78 is 6.07. The Morgan fingerprint density at radius 1 is 1.20 bits per heavy atom. The molecule has 2 heterocycles. The number of carbonyl (C=O) groups is 2. The van der Waals surface area contributed by atoms with E-state index < -0.39 is 6.04 Å². The predicted molar refractivity (Wildman–Crippen MR) is 119 cm³/mol. The molecule has 1 aliphatic rings. The van der Waals surface area contributed by atoms with Crippen LogP contribution >= 0.6 is 27.3 Å². The Morgan fingerprint density at radius 3 is 2.83 bits per heavy atom. The van der Waals surface area contributed by atoms with E-state index in [1.807, 2.05) is 36.4 Å². The molecule has 0 saturated carbocycles. The molecule has 0 aliphatic carbocycles. The molecule has 1 unspecified atom stereocenters. The molecule has 30 heavy (non-hydrogen) atoms. The molecule has 2 aromatic carbocycles. The summed E-state index contributed by atoms with van der Waals surface area (Å²) in [5.41, 5.74) is 1.42. The number of hydrogen-bond donors (Lipinski definition) is 1. The summed E-state index contributed by atoms with van der Waals surface area (Å²) in [7, 11) is 1.60. The summed E-state index contributed by atoms with van der Waals surface area (Å²) >= 11 is 4.67. The summed E-state index contributed by atoms with van der Waals surface area (Å²) in [5.74, 6) is 0.327. The molecular formula is C21H19BrN4O3S. The number of methoxy groups -OCH3 is 1. The van der Waals surface area contributed by atoms with Crippen molar-refractivity contribution in [1.82, 2.24) is 15.1 Å². The van der Waals surface area contributed by atoms with Gasteiger partial charge in [0, 0.05) is 22.1 Å². The molecule has 9 heteroatoms. The van der Waals surface area contributed by atoms with Crippen molar-refractivity contribution < 1.29 is 14.3 Å². The number of aromatic nitrogens is 2. The normalized spacial score (nSPS) is 15.8. The molecule has 154 valence electrons. The first-order chi connectivity index (χ1) is 14.5. The first kappa shape index (κ1) is 20.5. The van der Waals surface area contributed by atoms with Gasteiger partial charge in [0.2, 0.25) is 11.0 Å². The van der Waals surface area contributed by atoms with Gasteiger partial charge in [0.15, 0.2) is 0 Å². The van der Waals surface area contributed by atoms with Crippen LogP contribution in [0.2, 0.25) is 0 Å². The second kappa shape index (κ2) is 8.93. The Labute approximate surface area is 186 Å². The van der Waals surface area contributed by atoms with Gasteiger partial charge >= 0.3 is 0 Å². The van der Waals surface area contributed by atoms with Crippen molar-refractivity contribution in [3.63, 3.8) is 0 Å². The van der Waals surface area contributed by atoms with Crippen molar-refractivity contribution in [3.8, 4) is 16.3 Å². The highest BCUT2D eigenvalue weighted by atomic mass is 79.9. The van der Waals surface area contributed by atoms with Gasteiger partial charge in [-0.2, -0.15) is 0 Å². The molecule has 0 spiro atoms. The number of nitrogens with one attached hydrogen (secondary N) is 1. The monoisotopic (exact) mass is 486 g/mol. The maximum Gasteiger partial charge on any atom is 0.254 e. The molecule has 1 fully saturated rings. The number of nitrogens with zero attached hydrogens (tertiary/aromatic N) is 3. The summed E-state index contributed by atoms with van der Waals surface area (Å²) in [6.07, 6.45) is 1.40. The number of benzene rings is 2. The van der Waals surface area contributed by atoms with Crippen molar-refractivity contribution in [2.75, 3.05) is 19.0 Å². The minimum atomic E-state index is -0.527. The van der Waals surface area contributed by atoms with E-state index >= 15 is 0 Å². The van der Waals surface area contributed by atoms with Gasteiger partial charge in [-0.1, -0.05) is 45.5 Å². The number of anilines is 1. The predicted octanol–water partition coefficient (Wildman–Crippen LogP) is 4.22. The van der Waals surface area contributed by atoms with Crippen LogP contribution in [0.4, 0.5) is 5.13 Å². The minimum absolute atomic E-state index is 0.150. The first-order valence-electron chi connectivity index (χ1n) is 9.40. The van der Waals surface area contributed by atoms with Gasteiger partial charge in [-0.25, -0.2) is 0 Å². The lowest BCUT2D eigenvalue weighted by Gasteiger charge is -2.23. The maximum absolute atomic E-state index is 12.9. The molecular weight excluding hydrogens is 468 g/mol. The zero-order valence-corrected chi connectivity index (χ0v) is 18.6. The highest BCUT2D eigenvalue weighted by molar-refractivity contribution is 9.10. The van der Waals surface area contributed by atoms with Gasteiger partial charge < -0.3 is 9.64 Å². The fraction of sp³-hybridized carbons (Fsp3) is 0.238. The average Bonchev–Trinajstić information content (AvgIpc) is 3.43. The Bertz CT molecular complexity index is 1090. The summed E-state index contributed by atoms with van der Waals surface area (Å²) in [4.78, 5) is 27.4. The van der Waals surface area contributed by atoms with E-state index in [2.05, 4.69) is 31.4 Å². The van der Waals surface area contributed by atoms with Gasteiger partial charge in [-0.15, -0.1) is 10.2 Å². The van der Waals surface area contributed by atoms with E-state index in [9.17, 15) is 9.59 Å². The second-order valence-electron chi connectivity index (χ2n) is 6.80. The number of amides is 2. The van der Waals surface area contributed by atoms with Gasteiger partial charge in [-0.3, -0.25) is 14.9 Å². The van der Waals surface area contributed by atoms with Crippen LogP contribution in [0.1, 0.15) is 23.2 Å². The van der Waals surface area contributed by atoms with Crippen LogP contribution in [0.3, 0.4) is 0 Å². The second-order valence-corrected chi connectivity index (χ2v) is 8.69. The van der Waals surface area contributed by atoms with Crippen molar-refractivity contribution in [2.24, 2.45) is 0 Å². The topological polar surface area (TPSA) is 84.4 Å². The van der Waals surface area contributed by atoms with Gasteiger partial charge in [0.05, 0.1) is 7.11 Å². The largest absolute Gasteiger partial charge is 0.497 e. The van der Waals surface area contributed by atoms with Crippen LogP contribution in [0, 0.1) is 0 Å². The van der Waals surface area contributed by atoms with Crippen LogP contribution in [0.15, 0.2) is 53.0 Å². The van der Waals surface area contributed by atoms with E-state index in [0.29, 0.717) is 28.7 Å². The first-order valence-corrected chi connectivity index (χ1v) is 11.0. The number of ether oxygens (including phenoxy) is 1. The lowest BCUT2D eigenvalue weighted by Crippen LogP contribution is -2.43. The Morgan fingerprint density at radius 2 is 2.03 bits per heavy atom. The molecule has 1 N–H and O–H groups in total. The van der Waals surface area contributed by atoms with Crippen LogP contribution in [-0.4, -0.2) is 46.6 Å². The zero-order valence-electron chi connectivity index (χ0n) is 16.2. The molecule has 2 amide bonds. The molecule has 3 aromatic rings. The SMILES string of the molecule is COc1cccc(-c2nnc(NC(=O)C3CCCN3C(=O)c3cccc(Br)c3)s2)c1. The highest BCUT2D eigenvalue weighted by Crippen LogP contribution is 2.29. The molecule has 1 saturated heterocycles. The molecule has 1 aromatic heterocycles. The van der Waals surface area contributed by atoms with E-state index in [0.717, 1.165) is 22.2 Å².